The predicted octanol–water partition coefficient (Wildman–Crippen LogP) is 4.56. The van der Waals surface area contributed by atoms with E-state index in [0.717, 1.165) is 26.5 Å². The molecule has 2 aromatic heterocycles. The van der Waals surface area contributed by atoms with Gasteiger partial charge in [-0.2, -0.15) is 0 Å². The molecule has 0 atom stereocenters. The summed E-state index contributed by atoms with van der Waals surface area (Å²) in [5.74, 6) is -0.363. The molecular weight excluding hydrogens is 410 g/mol. The van der Waals surface area contributed by atoms with Crippen molar-refractivity contribution in [1.29, 1.82) is 0 Å². The lowest BCUT2D eigenvalue weighted by Gasteiger charge is -2.10. The van der Waals surface area contributed by atoms with Gasteiger partial charge in [-0.3, -0.25) is 4.79 Å². The van der Waals surface area contributed by atoms with Crippen molar-refractivity contribution in [1.82, 2.24) is 4.57 Å². The largest absolute Gasteiger partial charge is 0.459 e. The van der Waals surface area contributed by atoms with Crippen molar-refractivity contribution in [3.8, 4) is 0 Å². The van der Waals surface area contributed by atoms with Crippen LogP contribution in [0.15, 0.2) is 68.3 Å². The van der Waals surface area contributed by atoms with E-state index < -0.39 is 5.63 Å². The van der Waals surface area contributed by atoms with E-state index in [2.05, 4.69) is 15.9 Å². The SMILES string of the molecule is Cc1cc2ccccc2n1CC(=O)OCc1cc(=O)oc2cc(Br)ccc12. The van der Waals surface area contributed by atoms with Gasteiger partial charge in [-0.25, -0.2) is 4.79 Å². The van der Waals surface area contributed by atoms with E-state index in [4.69, 9.17) is 9.15 Å². The maximum atomic E-state index is 12.4. The number of hydrogen-bond acceptors (Lipinski definition) is 4. The Morgan fingerprint density at radius 2 is 1.96 bits per heavy atom. The Bertz CT molecular complexity index is 1220. The number of carbonyl (C=O) groups is 1. The first-order valence-corrected chi connectivity index (χ1v) is 9.23. The van der Waals surface area contributed by atoms with Crippen LogP contribution < -0.4 is 5.63 Å². The summed E-state index contributed by atoms with van der Waals surface area (Å²) in [6.45, 7) is 2.09. The minimum Gasteiger partial charge on any atom is -0.459 e. The van der Waals surface area contributed by atoms with Crippen LogP contribution in [-0.2, 0) is 22.7 Å². The molecule has 0 bridgehead atoms. The van der Waals surface area contributed by atoms with E-state index in [9.17, 15) is 9.59 Å². The highest BCUT2D eigenvalue weighted by Gasteiger charge is 2.12. The molecule has 4 aromatic rings. The number of nitrogens with zero attached hydrogens (tertiary/aromatic N) is 1. The normalized spacial score (nSPS) is 11.2. The van der Waals surface area contributed by atoms with Gasteiger partial charge in [-0.1, -0.05) is 34.1 Å². The van der Waals surface area contributed by atoms with Crippen molar-refractivity contribution in [2.24, 2.45) is 0 Å². The van der Waals surface area contributed by atoms with Crippen LogP contribution in [0.5, 0.6) is 0 Å². The molecule has 0 N–H and O–H groups in total. The highest BCUT2D eigenvalue weighted by atomic mass is 79.9. The maximum absolute atomic E-state index is 12.4. The number of benzene rings is 2. The van der Waals surface area contributed by atoms with Crippen LogP contribution >= 0.6 is 15.9 Å². The van der Waals surface area contributed by atoms with Crippen LogP contribution in [0.4, 0.5) is 0 Å². The molecule has 0 unspecified atom stereocenters. The molecule has 0 radical (unpaired) electrons. The Morgan fingerprint density at radius 3 is 2.81 bits per heavy atom. The summed E-state index contributed by atoms with van der Waals surface area (Å²) in [5.41, 5.74) is 2.58. The molecule has 0 saturated heterocycles. The van der Waals surface area contributed by atoms with Gasteiger partial charge in [0.05, 0.1) is 0 Å². The molecule has 0 saturated carbocycles. The van der Waals surface area contributed by atoms with Gasteiger partial charge in [0.15, 0.2) is 0 Å². The Hall–Kier alpha value is -2.86. The summed E-state index contributed by atoms with van der Waals surface area (Å²) in [6.07, 6.45) is 0. The first-order chi connectivity index (χ1) is 13.0. The third-order valence-electron chi connectivity index (χ3n) is 4.49. The Kier molecular flexibility index (Phi) is 4.58. The summed E-state index contributed by atoms with van der Waals surface area (Å²) in [4.78, 5) is 24.2. The number of para-hydroxylation sites is 1. The minimum atomic E-state index is -0.473. The lowest BCUT2D eigenvalue weighted by atomic mass is 10.1. The number of fused-ring (bicyclic) bond motifs is 2. The average Bonchev–Trinajstić information content (AvgIpc) is 2.94. The van der Waals surface area contributed by atoms with Crippen molar-refractivity contribution in [2.75, 3.05) is 0 Å². The zero-order chi connectivity index (χ0) is 19.0. The molecule has 0 aliphatic carbocycles. The zero-order valence-electron chi connectivity index (χ0n) is 14.6. The molecule has 6 heteroatoms. The molecule has 4 rings (SSSR count). The Morgan fingerprint density at radius 1 is 1.15 bits per heavy atom. The summed E-state index contributed by atoms with van der Waals surface area (Å²) >= 11 is 3.35. The lowest BCUT2D eigenvalue weighted by molar-refractivity contribution is -0.145. The fourth-order valence-electron chi connectivity index (χ4n) is 3.21. The van der Waals surface area contributed by atoms with Gasteiger partial charge in [-0.05, 0) is 42.6 Å². The second-order valence-corrected chi connectivity index (χ2v) is 7.24. The monoisotopic (exact) mass is 425 g/mol. The van der Waals surface area contributed by atoms with Crippen LogP contribution in [0.2, 0.25) is 0 Å². The van der Waals surface area contributed by atoms with E-state index in [-0.39, 0.29) is 19.1 Å². The van der Waals surface area contributed by atoms with Crippen LogP contribution in [0.3, 0.4) is 0 Å². The Labute approximate surface area is 163 Å². The molecular formula is C21H16BrNO4. The predicted molar refractivity (Wildman–Crippen MR) is 107 cm³/mol. The number of aryl methyl sites for hydroxylation is 1. The summed E-state index contributed by atoms with van der Waals surface area (Å²) in [5, 5.41) is 1.83. The van der Waals surface area contributed by atoms with Gasteiger partial charge in [0.1, 0.15) is 18.7 Å². The number of halogens is 1. The van der Waals surface area contributed by atoms with E-state index >= 15 is 0 Å². The van der Waals surface area contributed by atoms with Gasteiger partial charge in [0, 0.05) is 32.7 Å². The number of esters is 1. The number of aromatic nitrogens is 1. The summed E-state index contributed by atoms with van der Waals surface area (Å²) in [7, 11) is 0. The van der Waals surface area contributed by atoms with Crippen LogP contribution in [0.25, 0.3) is 21.9 Å². The smallest absolute Gasteiger partial charge is 0.336 e. The summed E-state index contributed by atoms with van der Waals surface area (Å²) < 4.78 is 13.4. The van der Waals surface area contributed by atoms with Gasteiger partial charge in [-0.15, -0.1) is 0 Å². The van der Waals surface area contributed by atoms with E-state index in [0.29, 0.717) is 11.1 Å². The van der Waals surface area contributed by atoms with Crippen LogP contribution in [-0.4, -0.2) is 10.5 Å². The second-order valence-electron chi connectivity index (χ2n) is 6.32. The Balaban J connectivity index is 1.55. The van der Waals surface area contributed by atoms with Gasteiger partial charge in [0.25, 0.3) is 0 Å². The molecule has 5 nitrogen and oxygen atoms in total. The van der Waals surface area contributed by atoms with E-state index in [1.165, 1.54) is 6.07 Å². The fourth-order valence-corrected chi connectivity index (χ4v) is 3.55. The topological polar surface area (TPSA) is 61.4 Å². The quantitative estimate of drug-likeness (QED) is 0.355. The molecule has 2 aromatic carbocycles. The van der Waals surface area contributed by atoms with Crippen LogP contribution in [0, 0.1) is 6.92 Å². The standard InChI is InChI=1S/C21H16BrNO4/c1-13-8-14-4-2-3-5-18(14)23(13)11-21(25)26-12-15-9-20(24)27-19-10-16(22)6-7-17(15)19/h2-10H,11-12H2,1H3. The summed E-state index contributed by atoms with van der Waals surface area (Å²) in [6, 6.07) is 16.7. The van der Waals surface area contributed by atoms with Crippen molar-refractivity contribution in [3.05, 3.63) is 80.7 Å². The van der Waals surface area contributed by atoms with Crippen molar-refractivity contribution >= 4 is 43.8 Å². The lowest BCUT2D eigenvalue weighted by Crippen LogP contribution is -2.15. The molecule has 136 valence electrons. The van der Waals surface area contributed by atoms with E-state index in [1.807, 2.05) is 54.0 Å². The first-order valence-electron chi connectivity index (χ1n) is 8.44. The molecule has 0 amide bonds. The number of rotatable bonds is 4. The molecule has 27 heavy (non-hydrogen) atoms. The number of carbonyl (C=O) groups excluding carboxylic acids is 1. The van der Waals surface area contributed by atoms with Crippen molar-refractivity contribution in [3.63, 3.8) is 0 Å². The first kappa shape index (κ1) is 17.5. The molecule has 0 aliphatic heterocycles. The molecule has 0 spiro atoms. The third-order valence-corrected chi connectivity index (χ3v) is 4.98. The van der Waals surface area contributed by atoms with Crippen molar-refractivity contribution in [2.45, 2.75) is 20.1 Å². The van der Waals surface area contributed by atoms with Crippen molar-refractivity contribution < 1.29 is 13.9 Å². The maximum Gasteiger partial charge on any atom is 0.336 e. The minimum absolute atomic E-state index is 0.0147. The zero-order valence-corrected chi connectivity index (χ0v) is 16.2. The van der Waals surface area contributed by atoms with E-state index in [1.54, 1.807) is 6.07 Å². The number of ether oxygens (including phenoxy) is 1. The molecule has 0 aliphatic rings. The highest BCUT2D eigenvalue weighted by molar-refractivity contribution is 9.10. The fraction of sp³-hybridized carbons (Fsp3) is 0.143. The molecule has 2 heterocycles. The van der Waals surface area contributed by atoms with Gasteiger partial charge in [0.2, 0.25) is 0 Å². The second kappa shape index (κ2) is 7.04. The van der Waals surface area contributed by atoms with Gasteiger partial charge < -0.3 is 13.7 Å². The van der Waals surface area contributed by atoms with Crippen LogP contribution in [0.1, 0.15) is 11.3 Å². The molecule has 0 fully saturated rings. The highest BCUT2D eigenvalue weighted by Crippen LogP contribution is 2.23. The number of hydrogen-bond donors (Lipinski definition) is 0. The van der Waals surface area contributed by atoms with Gasteiger partial charge >= 0.3 is 11.6 Å². The third kappa shape index (κ3) is 3.53. The average molecular weight is 426 g/mol.